The quantitative estimate of drug-likeness (QED) is 0.393. The fourth-order valence-corrected chi connectivity index (χ4v) is 2.66. The van der Waals surface area contributed by atoms with Crippen LogP contribution in [0.2, 0.25) is 0 Å². The van der Waals surface area contributed by atoms with Crippen molar-refractivity contribution in [3.8, 4) is 0 Å². The monoisotopic (exact) mass is 360 g/mol. The van der Waals surface area contributed by atoms with E-state index in [-0.39, 0.29) is 0 Å². The zero-order chi connectivity index (χ0) is 13.4. The number of halogens is 1. The summed E-state index contributed by atoms with van der Waals surface area (Å²) in [5.74, 6) is 0.847. The SMILES string of the molecule is CC(C)CCCCCCNc1ccc(N)cc1I. The van der Waals surface area contributed by atoms with Gasteiger partial charge in [0, 0.05) is 21.5 Å². The maximum atomic E-state index is 5.73. The van der Waals surface area contributed by atoms with Gasteiger partial charge in [-0.2, -0.15) is 0 Å². The first-order chi connectivity index (χ1) is 8.59. The van der Waals surface area contributed by atoms with Gasteiger partial charge in [-0.3, -0.25) is 0 Å². The zero-order valence-corrected chi connectivity index (χ0v) is 13.7. The second-order valence-corrected chi connectivity index (χ2v) is 6.42. The lowest BCUT2D eigenvalue weighted by molar-refractivity contribution is 0.523. The molecule has 0 aliphatic heterocycles. The minimum Gasteiger partial charge on any atom is -0.399 e. The van der Waals surface area contributed by atoms with E-state index in [1.165, 1.54) is 41.4 Å². The van der Waals surface area contributed by atoms with Crippen molar-refractivity contribution in [1.29, 1.82) is 0 Å². The van der Waals surface area contributed by atoms with E-state index in [1.54, 1.807) is 0 Å². The Bertz CT molecular complexity index is 350. The predicted molar refractivity (Wildman–Crippen MR) is 90.0 cm³/mol. The molecule has 18 heavy (non-hydrogen) atoms. The van der Waals surface area contributed by atoms with Gasteiger partial charge >= 0.3 is 0 Å². The number of benzene rings is 1. The minimum atomic E-state index is 0.832. The molecular weight excluding hydrogens is 335 g/mol. The number of hydrogen-bond acceptors (Lipinski definition) is 2. The molecule has 3 N–H and O–H groups in total. The summed E-state index contributed by atoms with van der Waals surface area (Å²) in [4.78, 5) is 0. The summed E-state index contributed by atoms with van der Waals surface area (Å²) < 4.78 is 1.20. The third kappa shape index (κ3) is 6.47. The summed E-state index contributed by atoms with van der Waals surface area (Å²) in [6, 6.07) is 6.02. The molecule has 0 spiro atoms. The molecule has 0 heterocycles. The summed E-state index contributed by atoms with van der Waals surface area (Å²) in [7, 11) is 0. The highest BCUT2D eigenvalue weighted by atomic mass is 127. The Kier molecular flexibility index (Phi) is 7.47. The van der Waals surface area contributed by atoms with Crippen LogP contribution in [0.15, 0.2) is 18.2 Å². The highest BCUT2D eigenvalue weighted by Gasteiger charge is 1.99. The summed E-state index contributed by atoms with van der Waals surface area (Å²) >= 11 is 2.33. The largest absolute Gasteiger partial charge is 0.399 e. The second kappa shape index (κ2) is 8.62. The van der Waals surface area contributed by atoms with Gasteiger partial charge in [0.2, 0.25) is 0 Å². The van der Waals surface area contributed by atoms with E-state index in [1.807, 2.05) is 12.1 Å². The van der Waals surface area contributed by atoms with E-state index < -0.39 is 0 Å². The van der Waals surface area contributed by atoms with Gasteiger partial charge in [0.1, 0.15) is 0 Å². The first-order valence-electron chi connectivity index (χ1n) is 6.88. The van der Waals surface area contributed by atoms with Crippen molar-refractivity contribution in [1.82, 2.24) is 0 Å². The molecule has 2 nitrogen and oxygen atoms in total. The van der Waals surface area contributed by atoms with Crippen LogP contribution in [0.5, 0.6) is 0 Å². The molecule has 1 aromatic rings. The van der Waals surface area contributed by atoms with Crippen LogP contribution in [0, 0.1) is 9.49 Å². The summed E-state index contributed by atoms with van der Waals surface area (Å²) in [5.41, 5.74) is 7.76. The fourth-order valence-electron chi connectivity index (χ4n) is 1.93. The molecule has 0 aliphatic carbocycles. The van der Waals surface area contributed by atoms with Crippen LogP contribution in [-0.2, 0) is 0 Å². The van der Waals surface area contributed by atoms with Crippen molar-refractivity contribution >= 4 is 34.0 Å². The fraction of sp³-hybridized carbons (Fsp3) is 0.600. The van der Waals surface area contributed by atoms with Crippen LogP contribution in [0.1, 0.15) is 46.0 Å². The number of rotatable bonds is 8. The van der Waals surface area contributed by atoms with Gasteiger partial charge in [0.25, 0.3) is 0 Å². The highest BCUT2D eigenvalue weighted by molar-refractivity contribution is 14.1. The average Bonchev–Trinajstić information content (AvgIpc) is 2.30. The molecule has 0 amide bonds. The van der Waals surface area contributed by atoms with Crippen molar-refractivity contribution < 1.29 is 0 Å². The molecule has 0 bridgehead atoms. The molecule has 0 aromatic heterocycles. The van der Waals surface area contributed by atoms with Gasteiger partial charge in [0.05, 0.1) is 0 Å². The van der Waals surface area contributed by atoms with Crippen LogP contribution in [0.4, 0.5) is 11.4 Å². The lowest BCUT2D eigenvalue weighted by Crippen LogP contribution is -2.03. The molecule has 102 valence electrons. The number of nitrogen functional groups attached to an aromatic ring is 1. The van der Waals surface area contributed by atoms with E-state index in [9.17, 15) is 0 Å². The van der Waals surface area contributed by atoms with Crippen LogP contribution >= 0.6 is 22.6 Å². The smallest absolute Gasteiger partial charge is 0.0477 e. The van der Waals surface area contributed by atoms with Gasteiger partial charge in [-0.25, -0.2) is 0 Å². The summed E-state index contributed by atoms with van der Waals surface area (Å²) in [5, 5.41) is 3.48. The number of anilines is 2. The molecule has 0 aliphatic rings. The maximum absolute atomic E-state index is 5.73. The first kappa shape index (κ1) is 15.6. The standard InChI is InChI=1S/C15H25IN2/c1-12(2)7-5-3-4-6-10-18-15-9-8-13(17)11-14(15)16/h8-9,11-12,18H,3-7,10,17H2,1-2H3. The number of nitrogens with two attached hydrogens (primary N) is 1. The average molecular weight is 360 g/mol. The minimum absolute atomic E-state index is 0.832. The van der Waals surface area contributed by atoms with Crippen molar-refractivity contribution in [3.63, 3.8) is 0 Å². The van der Waals surface area contributed by atoms with Crippen molar-refractivity contribution in [2.45, 2.75) is 46.0 Å². The Balaban J connectivity index is 2.11. The molecular formula is C15H25IN2. The van der Waals surface area contributed by atoms with Gasteiger partial charge in [-0.1, -0.05) is 39.5 Å². The number of hydrogen-bond donors (Lipinski definition) is 2. The Labute approximate surface area is 125 Å². The van der Waals surface area contributed by atoms with E-state index in [0.29, 0.717) is 0 Å². The molecule has 0 atom stereocenters. The third-order valence-electron chi connectivity index (χ3n) is 3.02. The zero-order valence-electron chi connectivity index (χ0n) is 11.5. The normalized spacial score (nSPS) is 10.9. The van der Waals surface area contributed by atoms with E-state index in [0.717, 1.165) is 18.2 Å². The maximum Gasteiger partial charge on any atom is 0.0477 e. The Hall–Kier alpha value is -0.450. The van der Waals surface area contributed by atoms with Crippen LogP contribution in [-0.4, -0.2) is 6.54 Å². The van der Waals surface area contributed by atoms with Gasteiger partial charge in [0.15, 0.2) is 0 Å². The Morgan fingerprint density at radius 3 is 2.56 bits per heavy atom. The van der Waals surface area contributed by atoms with Crippen LogP contribution in [0.3, 0.4) is 0 Å². The van der Waals surface area contributed by atoms with Gasteiger partial charge in [-0.15, -0.1) is 0 Å². The van der Waals surface area contributed by atoms with Crippen molar-refractivity contribution in [2.75, 3.05) is 17.6 Å². The van der Waals surface area contributed by atoms with Gasteiger partial charge < -0.3 is 11.1 Å². The summed E-state index contributed by atoms with van der Waals surface area (Å²) in [6.45, 7) is 5.65. The van der Waals surface area contributed by atoms with Crippen LogP contribution in [0.25, 0.3) is 0 Å². The Morgan fingerprint density at radius 2 is 1.89 bits per heavy atom. The molecule has 0 fully saturated rings. The van der Waals surface area contributed by atoms with Gasteiger partial charge in [-0.05, 0) is 53.1 Å². The summed E-state index contributed by atoms with van der Waals surface area (Å²) in [6.07, 6.45) is 6.67. The van der Waals surface area contributed by atoms with Crippen LogP contribution < -0.4 is 11.1 Å². The lowest BCUT2D eigenvalue weighted by Gasteiger charge is -2.09. The van der Waals surface area contributed by atoms with E-state index in [2.05, 4.69) is 47.8 Å². The molecule has 1 rings (SSSR count). The molecule has 3 heteroatoms. The third-order valence-corrected chi connectivity index (χ3v) is 3.91. The van der Waals surface area contributed by atoms with E-state index >= 15 is 0 Å². The van der Waals surface area contributed by atoms with Crippen molar-refractivity contribution in [3.05, 3.63) is 21.8 Å². The molecule has 0 saturated heterocycles. The lowest BCUT2D eigenvalue weighted by atomic mass is 10.0. The van der Waals surface area contributed by atoms with Crippen molar-refractivity contribution in [2.24, 2.45) is 5.92 Å². The molecule has 0 unspecified atom stereocenters. The van der Waals surface area contributed by atoms with E-state index in [4.69, 9.17) is 5.73 Å². The molecule has 0 radical (unpaired) electrons. The predicted octanol–water partition coefficient (Wildman–Crippen LogP) is 4.89. The number of unbranched alkanes of at least 4 members (excludes halogenated alkanes) is 3. The highest BCUT2D eigenvalue weighted by Crippen LogP contribution is 2.20. The second-order valence-electron chi connectivity index (χ2n) is 5.26. The Morgan fingerprint density at radius 1 is 1.17 bits per heavy atom. The number of nitrogens with one attached hydrogen (secondary N) is 1. The molecule has 0 saturated carbocycles. The topological polar surface area (TPSA) is 38.0 Å². The first-order valence-corrected chi connectivity index (χ1v) is 7.96. The molecule has 1 aromatic carbocycles.